The molecule has 5 heteroatoms. The van der Waals surface area contributed by atoms with Gasteiger partial charge in [0, 0.05) is 12.0 Å². The number of hydrogen-bond donors (Lipinski definition) is 2. The number of rotatable bonds is 3. The molecule has 0 spiro atoms. The number of piperidine rings is 1. The van der Waals surface area contributed by atoms with Crippen LogP contribution in [0, 0.1) is 5.92 Å². The Morgan fingerprint density at radius 1 is 1.20 bits per heavy atom. The van der Waals surface area contributed by atoms with E-state index in [-0.39, 0.29) is 17.4 Å². The molecule has 0 radical (unpaired) electrons. The maximum absolute atomic E-state index is 13.0. The van der Waals surface area contributed by atoms with Crippen LogP contribution >= 0.6 is 0 Å². The van der Waals surface area contributed by atoms with Crippen LogP contribution in [-0.2, 0) is 10.3 Å². The normalized spacial score (nSPS) is 27.7. The summed E-state index contributed by atoms with van der Waals surface area (Å²) in [5, 5.41) is 6.87. The van der Waals surface area contributed by atoms with Gasteiger partial charge in [-0.05, 0) is 56.8 Å². The van der Waals surface area contributed by atoms with Crippen molar-refractivity contribution in [3.63, 3.8) is 0 Å². The number of fused-ring (bicyclic) bond motifs is 1. The highest BCUT2D eigenvalue weighted by Gasteiger charge is 2.39. The van der Waals surface area contributed by atoms with Crippen LogP contribution < -0.4 is 20.1 Å². The second-order valence-corrected chi connectivity index (χ2v) is 7.71. The molecule has 1 saturated heterocycles. The van der Waals surface area contributed by atoms with Gasteiger partial charge in [-0.2, -0.15) is 0 Å². The first-order valence-corrected chi connectivity index (χ1v) is 9.62. The summed E-state index contributed by atoms with van der Waals surface area (Å²) in [4.78, 5) is 13.0. The van der Waals surface area contributed by atoms with Crippen molar-refractivity contribution in [1.82, 2.24) is 10.6 Å². The van der Waals surface area contributed by atoms with E-state index >= 15 is 0 Å². The van der Waals surface area contributed by atoms with Crippen LogP contribution in [0.25, 0.3) is 0 Å². The summed E-state index contributed by atoms with van der Waals surface area (Å²) in [6.07, 6.45) is 6.14. The number of hydrogen-bond acceptors (Lipinski definition) is 4. The molecule has 2 heterocycles. The number of benzene rings is 1. The fraction of sp³-hybridized carbons (Fsp3) is 0.650. The molecule has 4 rings (SSSR count). The first kappa shape index (κ1) is 16.7. The van der Waals surface area contributed by atoms with Crippen molar-refractivity contribution in [3.05, 3.63) is 23.8 Å². The van der Waals surface area contributed by atoms with Gasteiger partial charge < -0.3 is 20.1 Å². The minimum atomic E-state index is -0.249. The zero-order valence-electron chi connectivity index (χ0n) is 15.0. The summed E-state index contributed by atoms with van der Waals surface area (Å²) in [6, 6.07) is 6.58. The average Bonchev–Trinajstić information content (AvgIpc) is 3.11. The number of carbonyl (C=O) groups excluding carboxylic acids is 1. The maximum Gasteiger partial charge on any atom is 0.223 e. The van der Waals surface area contributed by atoms with Crippen LogP contribution in [0.4, 0.5) is 0 Å². The number of nitrogens with one attached hydrogen (secondary N) is 2. The average molecular weight is 344 g/mol. The molecule has 0 bridgehead atoms. The van der Waals surface area contributed by atoms with Crippen molar-refractivity contribution in [2.75, 3.05) is 19.8 Å². The molecule has 2 atom stereocenters. The molecule has 0 aromatic heterocycles. The molecule has 136 valence electrons. The lowest BCUT2D eigenvalue weighted by atomic mass is 9.85. The lowest BCUT2D eigenvalue weighted by Crippen LogP contribution is -2.49. The van der Waals surface area contributed by atoms with Crippen LogP contribution in [0.15, 0.2) is 18.2 Å². The molecule has 2 fully saturated rings. The van der Waals surface area contributed by atoms with Crippen molar-refractivity contribution in [2.24, 2.45) is 5.92 Å². The van der Waals surface area contributed by atoms with E-state index in [9.17, 15) is 4.79 Å². The predicted molar refractivity (Wildman–Crippen MR) is 95.9 cm³/mol. The quantitative estimate of drug-likeness (QED) is 0.885. The third kappa shape index (κ3) is 3.34. The van der Waals surface area contributed by atoms with Crippen molar-refractivity contribution < 1.29 is 14.3 Å². The summed E-state index contributed by atoms with van der Waals surface area (Å²) >= 11 is 0. The van der Waals surface area contributed by atoms with Gasteiger partial charge in [0.25, 0.3) is 0 Å². The van der Waals surface area contributed by atoms with Gasteiger partial charge in [-0.15, -0.1) is 0 Å². The minimum Gasteiger partial charge on any atom is -0.486 e. The lowest BCUT2D eigenvalue weighted by Gasteiger charge is -2.35. The van der Waals surface area contributed by atoms with E-state index in [1.165, 1.54) is 0 Å². The van der Waals surface area contributed by atoms with Crippen LogP contribution in [-0.4, -0.2) is 31.7 Å². The maximum atomic E-state index is 13.0. The molecular weight excluding hydrogens is 316 g/mol. The molecular formula is C20H28N2O3. The van der Waals surface area contributed by atoms with E-state index in [1.54, 1.807) is 0 Å². The summed E-state index contributed by atoms with van der Waals surface area (Å²) in [5.74, 6) is 1.94. The fourth-order valence-corrected chi connectivity index (χ4v) is 4.51. The van der Waals surface area contributed by atoms with Crippen molar-refractivity contribution in [1.29, 1.82) is 0 Å². The molecule has 1 aromatic rings. The highest BCUT2D eigenvalue weighted by molar-refractivity contribution is 5.80. The SMILES string of the molecule is C[C@H]1C[C@@H](C(=O)NC2(c3ccc4c(c3)OCCO4)CCCC2)CCN1. The van der Waals surface area contributed by atoms with E-state index in [4.69, 9.17) is 9.47 Å². The van der Waals surface area contributed by atoms with Crippen molar-refractivity contribution >= 4 is 5.91 Å². The fourth-order valence-electron chi connectivity index (χ4n) is 4.51. The van der Waals surface area contributed by atoms with E-state index in [0.717, 1.165) is 62.1 Å². The second kappa shape index (κ2) is 6.87. The third-order valence-electron chi connectivity index (χ3n) is 5.91. The zero-order chi connectivity index (χ0) is 17.3. The molecule has 1 amide bonds. The zero-order valence-corrected chi connectivity index (χ0v) is 15.0. The van der Waals surface area contributed by atoms with Gasteiger partial charge in [0.1, 0.15) is 13.2 Å². The summed E-state index contributed by atoms with van der Waals surface area (Å²) < 4.78 is 11.4. The molecule has 1 aromatic carbocycles. The molecule has 5 nitrogen and oxygen atoms in total. The van der Waals surface area contributed by atoms with E-state index in [1.807, 2.05) is 6.07 Å². The van der Waals surface area contributed by atoms with E-state index in [2.05, 4.69) is 29.7 Å². The van der Waals surface area contributed by atoms with Gasteiger partial charge in [0.05, 0.1) is 5.54 Å². The Kier molecular flexibility index (Phi) is 4.59. The van der Waals surface area contributed by atoms with Crippen LogP contribution in [0.1, 0.15) is 51.0 Å². The van der Waals surface area contributed by atoms with Crippen LogP contribution in [0.2, 0.25) is 0 Å². The van der Waals surface area contributed by atoms with Crippen molar-refractivity contribution in [2.45, 2.75) is 57.0 Å². The molecule has 2 aliphatic heterocycles. The first-order valence-electron chi connectivity index (χ1n) is 9.62. The summed E-state index contributed by atoms with van der Waals surface area (Å²) in [6.45, 7) is 4.27. The summed E-state index contributed by atoms with van der Waals surface area (Å²) in [7, 11) is 0. The minimum absolute atomic E-state index is 0.117. The Morgan fingerprint density at radius 2 is 1.96 bits per heavy atom. The van der Waals surface area contributed by atoms with Gasteiger partial charge >= 0.3 is 0 Å². The summed E-state index contributed by atoms with van der Waals surface area (Å²) in [5.41, 5.74) is 0.908. The second-order valence-electron chi connectivity index (χ2n) is 7.71. The topological polar surface area (TPSA) is 59.6 Å². The Bertz CT molecular complexity index is 640. The van der Waals surface area contributed by atoms with Gasteiger partial charge in [-0.3, -0.25) is 4.79 Å². The highest BCUT2D eigenvalue weighted by Crippen LogP contribution is 2.42. The monoisotopic (exact) mass is 344 g/mol. The molecule has 0 unspecified atom stereocenters. The Morgan fingerprint density at radius 3 is 2.72 bits per heavy atom. The van der Waals surface area contributed by atoms with Crippen LogP contribution in [0.5, 0.6) is 11.5 Å². The first-order chi connectivity index (χ1) is 12.2. The van der Waals surface area contributed by atoms with E-state index in [0.29, 0.717) is 19.3 Å². The van der Waals surface area contributed by atoms with Gasteiger partial charge in [0.15, 0.2) is 11.5 Å². The van der Waals surface area contributed by atoms with E-state index < -0.39 is 0 Å². The molecule has 25 heavy (non-hydrogen) atoms. The number of amides is 1. The van der Waals surface area contributed by atoms with Gasteiger partial charge in [-0.25, -0.2) is 0 Å². The molecule has 3 aliphatic rings. The number of carbonyl (C=O) groups is 1. The van der Waals surface area contributed by atoms with Gasteiger partial charge in [-0.1, -0.05) is 18.9 Å². The van der Waals surface area contributed by atoms with Crippen LogP contribution in [0.3, 0.4) is 0 Å². The smallest absolute Gasteiger partial charge is 0.223 e. The highest BCUT2D eigenvalue weighted by atomic mass is 16.6. The largest absolute Gasteiger partial charge is 0.486 e. The number of ether oxygens (including phenoxy) is 2. The van der Waals surface area contributed by atoms with Gasteiger partial charge in [0.2, 0.25) is 5.91 Å². The third-order valence-corrected chi connectivity index (χ3v) is 5.91. The molecule has 1 aliphatic carbocycles. The predicted octanol–water partition coefficient (Wildman–Crippen LogP) is 2.73. The van der Waals surface area contributed by atoms with Crippen molar-refractivity contribution in [3.8, 4) is 11.5 Å². The molecule has 2 N–H and O–H groups in total. The standard InChI is InChI=1S/C20H28N2O3/c1-14-12-15(6-9-21-14)19(23)22-20(7-2-3-8-20)16-4-5-17-18(13-16)25-11-10-24-17/h4-5,13-15,21H,2-3,6-12H2,1H3,(H,22,23)/t14-,15-/m0/s1. The lowest BCUT2D eigenvalue weighted by molar-refractivity contribution is -0.128. The molecule has 1 saturated carbocycles. The Labute approximate surface area is 149 Å². The Balaban J connectivity index is 1.56. The Hall–Kier alpha value is -1.75.